The van der Waals surface area contributed by atoms with Gasteiger partial charge < -0.3 is 20.1 Å². The molecule has 0 saturated heterocycles. The van der Waals surface area contributed by atoms with Crippen LogP contribution in [0.5, 0.6) is 11.5 Å². The van der Waals surface area contributed by atoms with E-state index in [0.29, 0.717) is 35.6 Å². The number of aromatic nitrogens is 2. The van der Waals surface area contributed by atoms with Gasteiger partial charge in [0, 0.05) is 42.1 Å². The van der Waals surface area contributed by atoms with Gasteiger partial charge in [0.2, 0.25) is 0 Å². The van der Waals surface area contributed by atoms with E-state index >= 15 is 0 Å². The molecule has 1 heterocycles. The van der Waals surface area contributed by atoms with E-state index in [-0.39, 0.29) is 24.0 Å². The van der Waals surface area contributed by atoms with E-state index in [1.807, 2.05) is 61.8 Å². The minimum Gasteiger partial charge on any atom is -0.493 e. The van der Waals surface area contributed by atoms with Crippen molar-refractivity contribution in [3.8, 4) is 17.2 Å². The maximum atomic E-state index is 5.94. The van der Waals surface area contributed by atoms with Gasteiger partial charge in [-0.05, 0) is 43.3 Å². The summed E-state index contributed by atoms with van der Waals surface area (Å²) in [4.78, 5) is 4.27. The fraction of sp³-hybridized carbons (Fsp3) is 0.238. The molecule has 1 aromatic heterocycles. The normalized spacial score (nSPS) is 10.9. The minimum absolute atomic E-state index is 0. The molecule has 0 spiro atoms. The molecule has 9 heteroatoms. The lowest BCUT2D eigenvalue weighted by Crippen LogP contribution is -2.30. The van der Waals surface area contributed by atoms with Crippen LogP contribution in [0.15, 0.2) is 59.9 Å². The second-order valence-electron chi connectivity index (χ2n) is 6.12. The van der Waals surface area contributed by atoms with Gasteiger partial charge in [-0.15, -0.1) is 24.0 Å². The lowest BCUT2D eigenvalue weighted by molar-refractivity contribution is 0.311. The number of aliphatic imine (C=N–C) groups is 1. The number of rotatable bonds is 7. The van der Waals surface area contributed by atoms with Crippen LogP contribution in [-0.2, 0) is 6.54 Å². The predicted octanol–water partition coefficient (Wildman–Crippen LogP) is 4.74. The van der Waals surface area contributed by atoms with Crippen molar-refractivity contribution in [3.05, 3.63) is 65.4 Å². The lowest BCUT2D eigenvalue weighted by Gasteiger charge is -2.14. The third-order valence-corrected chi connectivity index (χ3v) is 4.39. The van der Waals surface area contributed by atoms with Crippen molar-refractivity contribution in [1.82, 2.24) is 15.1 Å². The van der Waals surface area contributed by atoms with Gasteiger partial charge in [0.25, 0.3) is 0 Å². The van der Waals surface area contributed by atoms with Crippen LogP contribution in [0.25, 0.3) is 5.69 Å². The number of halogens is 2. The van der Waals surface area contributed by atoms with Crippen LogP contribution in [0.2, 0.25) is 5.02 Å². The van der Waals surface area contributed by atoms with E-state index in [0.717, 1.165) is 16.9 Å². The molecule has 0 radical (unpaired) electrons. The average molecular weight is 542 g/mol. The Bertz CT molecular complexity index is 976. The molecule has 0 aliphatic heterocycles. The molecule has 3 rings (SSSR count). The number of methoxy groups -OCH3 is 1. The highest BCUT2D eigenvalue weighted by Crippen LogP contribution is 2.30. The summed E-state index contributed by atoms with van der Waals surface area (Å²) in [5, 5.41) is 11.6. The molecule has 0 amide bonds. The number of anilines is 1. The lowest BCUT2D eigenvalue weighted by atomic mass is 10.2. The summed E-state index contributed by atoms with van der Waals surface area (Å²) < 4.78 is 12.7. The Hall–Kier alpha value is -2.46. The maximum Gasteiger partial charge on any atom is 0.195 e. The zero-order valence-electron chi connectivity index (χ0n) is 17.1. The van der Waals surface area contributed by atoms with Gasteiger partial charge in [0.15, 0.2) is 17.5 Å². The highest BCUT2D eigenvalue weighted by Gasteiger charge is 2.08. The molecule has 2 N–H and O–H groups in total. The number of guanidine groups is 1. The third-order valence-electron chi connectivity index (χ3n) is 4.14. The zero-order valence-corrected chi connectivity index (χ0v) is 20.1. The van der Waals surface area contributed by atoms with Crippen molar-refractivity contribution >= 4 is 47.2 Å². The van der Waals surface area contributed by atoms with Crippen LogP contribution in [-0.4, -0.2) is 36.5 Å². The molecule has 0 atom stereocenters. The van der Waals surface area contributed by atoms with Crippen molar-refractivity contribution in [2.24, 2.45) is 4.99 Å². The molecule has 3 aromatic rings. The summed E-state index contributed by atoms with van der Waals surface area (Å²) in [5.74, 6) is 2.01. The van der Waals surface area contributed by atoms with E-state index in [1.54, 1.807) is 18.8 Å². The fourth-order valence-corrected chi connectivity index (χ4v) is 2.84. The van der Waals surface area contributed by atoms with Crippen LogP contribution in [0.4, 0.5) is 5.69 Å². The summed E-state index contributed by atoms with van der Waals surface area (Å²) in [5.41, 5.74) is 2.82. The summed E-state index contributed by atoms with van der Waals surface area (Å²) in [6.07, 6.45) is 3.78. The van der Waals surface area contributed by atoms with Gasteiger partial charge in [0.05, 0.1) is 25.6 Å². The molecule has 0 saturated carbocycles. The molecule has 0 fully saturated rings. The fourth-order valence-electron chi connectivity index (χ4n) is 2.71. The Kier molecular flexibility index (Phi) is 9.25. The van der Waals surface area contributed by atoms with E-state index in [9.17, 15) is 0 Å². The first-order chi connectivity index (χ1) is 14.1. The summed E-state index contributed by atoms with van der Waals surface area (Å²) in [6.45, 7) is 3.07. The molecule has 30 heavy (non-hydrogen) atoms. The highest BCUT2D eigenvalue weighted by atomic mass is 127. The van der Waals surface area contributed by atoms with Gasteiger partial charge in [-0.3, -0.25) is 4.99 Å². The van der Waals surface area contributed by atoms with Gasteiger partial charge >= 0.3 is 0 Å². The predicted molar refractivity (Wildman–Crippen MR) is 132 cm³/mol. The monoisotopic (exact) mass is 541 g/mol. The Morgan fingerprint density at radius 1 is 1.17 bits per heavy atom. The van der Waals surface area contributed by atoms with Crippen molar-refractivity contribution in [3.63, 3.8) is 0 Å². The Balaban J connectivity index is 0.00000320. The molecule has 0 aliphatic carbocycles. The number of nitrogens with one attached hydrogen (secondary N) is 2. The van der Waals surface area contributed by atoms with Crippen LogP contribution in [0.3, 0.4) is 0 Å². The number of hydrogen-bond donors (Lipinski definition) is 2. The first-order valence-electron chi connectivity index (χ1n) is 9.21. The minimum atomic E-state index is 0. The average Bonchev–Trinajstić information content (AvgIpc) is 3.21. The summed E-state index contributed by atoms with van der Waals surface area (Å²) in [7, 11) is 3.34. The Morgan fingerprint density at radius 3 is 2.60 bits per heavy atom. The molecular weight excluding hydrogens is 517 g/mol. The smallest absolute Gasteiger partial charge is 0.195 e. The SMILES string of the molecule is CCOc1cc(NC(=NC)NCc2cnn(-c3ccc(Cl)cc3)c2)ccc1OC.I. The van der Waals surface area contributed by atoms with Gasteiger partial charge in [0.1, 0.15) is 0 Å². The second-order valence-corrected chi connectivity index (χ2v) is 6.56. The highest BCUT2D eigenvalue weighted by molar-refractivity contribution is 14.0. The van der Waals surface area contributed by atoms with Gasteiger partial charge in [-0.25, -0.2) is 4.68 Å². The number of benzene rings is 2. The van der Waals surface area contributed by atoms with E-state index < -0.39 is 0 Å². The molecular formula is C21H25ClIN5O2. The van der Waals surface area contributed by atoms with Crippen molar-refractivity contribution in [2.75, 3.05) is 26.1 Å². The molecule has 0 unspecified atom stereocenters. The van der Waals surface area contributed by atoms with Crippen LogP contribution < -0.4 is 20.1 Å². The second kappa shape index (κ2) is 11.7. The first kappa shape index (κ1) is 23.8. The summed E-state index contributed by atoms with van der Waals surface area (Å²) >= 11 is 5.94. The quantitative estimate of drug-likeness (QED) is 0.257. The molecule has 2 aromatic carbocycles. The van der Waals surface area contributed by atoms with E-state index in [4.69, 9.17) is 21.1 Å². The van der Waals surface area contributed by atoms with Crippen LogP contribution in [0, 0.1) is 0 Å². The number of nitrogens with zero attached hydrogens (tertiary/aromatic N) is 3. The first-order valence-corrected chi connectivity index (χ1v) is 9.58. The van der Waals surface area contributed by atoms with Gasteiger partial charge in [-0.2, -0.15) is 5.10 Å². The number of hydrogen-bond acceptors (Lipinski definition) is 4. The van der Waals surface area contributed by atoms with Gasteiger partial charge in [-0.1, -0.05) is 11.6 Å². The van der Waals surface area contributed by atoms with Crippen LogP contribution in [0.1, 0.15) is 12.5 Å². The Labute approximate surface area is 198 Å². The largest absolute Gasteiger partial charge is 0.493 e. The third kappa shape index (κ3) is 6.27. The zero-order chi connectivity index (χ0) is 20.6. The Morgan fingerprint density at radius 2 is 1.93 bits per heavy atom. The maximum absolute atomic E-state index is 5.94. The number of ether oxygens (including phenoxy) is 2. The summed E-state index contributed by atoms with van der Waals surface area (Å²) in [6, 6.07) is 13.2. The molecule has 0 aliphatic rings. The molecule has 7 nitrogen and oxygen atoms in total. The van der Waals surface area contributed by atoms with Crippen molar-refractivity contribution in [1.29, 1.82) is 0 Å². The topological polar surface area (TPSA) is 72.7 Å². The van der Waals surface area contributed by atoms with Crippen LogP contribution >= 0.6 is 35.6 Å². The molecule has 160 valence electrons. The molecule has 0 bridgehead atoms. The van der Waals surface area contributed by atoms with E-state index in [1.165, 1.54) is 0 Å². The van der Waals surface area contributed by atoms with E-state index in [2.05, 4.69) is 20.7 Å². The van der Waals surface area contributed by atoms with Crippen molar-refractivity contribution < 1.29 is 9.47 Å². The standard InChI is InChI=1S/C21H24ClN5O2.HI/c1-4-29-20-11-17(7-10-19(20)28-3)26-21(23-2)24-12-15-13-25-27(14-15)18-8-5-16(22)6-9-18;/h5-11,13-14H,4,12H2,1-3H3,(H2,23,24,26);1H. The van der Waals surface area contributed by atoms with Crippen molar-refractivity contribution in [2.45, 2.75) is 13.5 Å².